The third-order valence-corrected chi connectivity index (χ3v) is 5.97. The topological polar surface area (TPSA) is 49.4 Å². The molecule has 3 nitrogen and oxygen atoms in total. The summed E-state index contributed by atoms with van der Waals surface area (Å²) in [5.74, 6) is 0.266. The monoisotopic (exact) mass is 328 g/mol. The zero-order valence-corrected chi connectivity index (χ0v) is 13.8. The minimum Gasteiger partial charge on any atom is -0.611 e. The van der Waals surface area contributed by atoms with Gasteiger partial charge in [-0.05, 0) is 74.0 Å². The first-order chi connectivity index (χ1) is 10.1. The summed E-state index contributed by atoms with van der Waals surface area (Å²) in [7, 11) is 0. The van der Waals surface area contributed by atoms with E-state index >= 15 is 0 Å². The summed E-state index contributed by atoms with van der Waals surface area (Å²) >= 11 is 4.87. The summed E-state index contributed by atoms with van der Waals surface area (Å²) in [5.41, 5.74) is 0. The Hall–Kier alpha value is -0.710. The lowest BCUT2D eigenvalue weighted by Crippen LogP contribution is -2.28. The lowest BCUT2D eigenvalue weighted by atomic mass is 9.87. The molecule has 1 aromatic rings. The third-order valence-electron chi connectivity index (χ3n) is 3.90. The Morgan fingerprint density at radius 1 is 1.29 bits per heavy atom. The molecule has 1 fully saturated rings. The zero-order valence-electron chi connectivity index (χ0n) is 12.2. The van der Waals surface area contributed by atoms with Gasteiger partial charge >= 0.3 is 5.97 Å². The lowest BCUT2D eigenvalue weighted by Gasteiger charge is -2.29. The van der Waals surface area contributed by atoms with Crippen LogP contribution in [-0.4, -0.2) is 22.4 Å². The largest absolute Gasteiger partial charge is 0.611 e. The number of esters is 1. The Balaban J connectivity index is 1.83. The first-order valence-electron chi connectivity index (χ1n) is 7.42. The normalized spacial score (nSPS) is 23.6. The van der Waals surface area contributed by atoms with E-state index in [-0.39, 0.29) is 11.2 Å². The van der Waals surface area contributed by atoms with Gasteiger partial charge in [-0.25, -0.2) is 0 Å². The van der Waals surface area contributed by atoms with Crippen molar-refractivity contribution in [1.29, 1.82) is 0 Å². The fourth-order valence-electron chi connectivity index (χ4n) is 2.77. The van der Waals surface area contributed by atoms with Gasteiger partial charge in [-0.15, -0.1) is 0 Å². The highest BCUT2D eigenvalue weighted by Crippen LogP contribution is 2.33. The van der Waals surface area contributed by atoms with Crippen molar-refractivity contribution in [2.45, 2.75) is 49.2 Å². The number of rotatable bonds is 5. The second kappa shape index (κ2) is 8.06. The van der Waals surface area contributed by atoms with Crippen LogP contribution in [0.5, 0.6) is 0 Å². The maximum absolute atomic E-state index is 12.5. The van der Waals surface area contributed by atoms with Crippen molar-refractivity contribution in [1.82, 2.24) is 0 Å². The van der Waals surface area contributed by atoms with E-state index < -0.39 is 11.2 Å². The molecule has 0 saturated heterocycles. The van der Waals surface area contributed by atoms with Gasteiger partial charge in [0.25, 0.3) is 0 Å². The van der Waals surface area contributed by atoms with Crippen molar-refractivity contribution in [3.8, 4) is 0 Å². The Labute approximate surface area is 134 Å². The van der Waals surface area contributed by atoms with Crippen LogP contribution in [0.2, 0.25) is 5.02 Å². The van der Waals surface area contributed by atoms with Crippen LogP contribution >= 0.6 is 11.6 Å². The van der Waals surface area contributed by atoms with Crippen molar-refractivity contribution in [3.05, 3.63) is 29.3 Å². The molecule has 2 rings (SSSR count). The Kier molecular flexibility index (Phi) is 6.40. The molecule has 21 heavy (non-hydrogen) atoms. The van der Waals surface area contributed by atoms with Crippen LogP contribution in [0.25, 0.3) is 0 Å². The Morgan fingerprint density at radius 3 is 2.48 bits per heavy atom. The molecule has 0 heterocycles. The van der Waals surface area contributed by atoms with Gasteiger partial charge in [0.05, 0.1) is 6.61 Å². The molecule has 0 N–H and O–H groups in total. The first kappa shape index (κ1) is 16.7. The Bertz CT molecular complexity index is 455. The fourth-order valence-corrected chi connectivity index (χ4v) is 4.38. The quantitative estimate of drug-likeness (QED) is 0.607. The molecule has 0 aliphatic heterocycles. The number of hydrogen-bond acceptors (Lipinski definition) is 3. The van der Waals surface area contributed by atoms with Crippen LogP contribution in [0.3, 0.4) is 0 Å². The zero-order chi connectivity index (χ0) is 15.2. The van der Waals surface area contributed by atoms with Crippen molar-refractivity contribution in [3.63, 3.8) is 0 Å². The molecule has 0 bridgehead atoms. The smallest absolute Gasteiger partial charge is 0.306 e. The predicted molar refractivity (Wildman–Crippen MR) is 84.9 cm³/mol. The van der Waals surface area contributed by atoms with E-state index in [1.165, 1.54) is 0 Å². The number of halogens is 1. The minimum absolute atomic E-state index is 0.111. The summed E-state index contributed by atoms with van der Waals surface area (Å²) in [5, 5.41) is 0.846. The first-order valence-corrected chi connectivity index (χ1v) is 9.01. The van der Waals surface area contributed by atoms with Gasteiger partial charge in [-0.3, -0.25) is 4.79 Å². The molecule has 1 aliphatic carbocycles. The molecule has 5 heteroatoms. The standard InChI is InChI=1S/C16H21ClO3S/c1-2-20-16(18)11-12-3-7-14(8-4-12)21(19)15-9-5-13(17)6-10-15/h5-6,9-10,12,14H,2-4,7-8,11H2,1H3/t12-,14+,21?. The third kappa shape index (κ3) is 4.90. The second-order valence-corrected chi connectivity index (χ2v) is 7.57. The number of carbonyl (C=O) groups excluding carboxylic acids is 1. The van der Waals surface area contributed by atoms with Crippen molar-refractivity contribution in [2.75, 3.05) is 6.61 Å². The average molecular weight is 329 g/mol. The van der Waals surface area contributed by atoms with Crippen molar-refractivity contribution >= 4 is 28.7 Å². The van der Waals surface area contributed by atoms with Crippen LogP contribution in [-0.2, 0) is 20.7 Å². The van der Waals surface area contributed by atoms with Gasteiger partial charge in [0.2, 0.25) is 0 Å². The molecule has 1 aromatic carbocycles. The molecule has 1 aliphatic rings. The summed E-state index contributed by atoms with van der Waals surface area (Å²) in [6.45, 7) is 2.26. The van der Waals surface area contributed by atoms with Gasteiger partial charge in [-0.2, -0.15) is 0 Å². The second-order valence-electron chi connectivity index (χ2n) is 5.40. The van der Waals surface area contributed by atoms with E-state index in [2.05, 4.69) is 0 Å². The summed E-state index contributed by atoms with van der Waals surface area (Å²) in [4.78, 5) is 12.3. The van der Waals surface area contributed by atoms with Gasteiger partial charge in [0.1, 0.15) is 5.25 Å². The van der Waals surface area contributed by atoms with Gasteiger partial charge < -0.3 is 9.29 Å². The lowest BCUT2D eigenvalue weighted by molar-refractivity contribution is -0.144. The van der Waals surface area contributed by atoms with E-state index in [1.807, 2.05) is 19.1 Å². The molecule has 1 saturated carbocycles. The minimum atomic E-state index is -0.984. The molecular weight excluding hydrogens is 308 g/mol. The van der Waals surface area contributed by atoms with Crippen LogP contribution in [0.4, 0.5) is 0 Å². The van der Waals surface area contributed by atoms with E-state index in [0.29, 0.717) is 24.0 Å². The Morgan fingerprint density at radius 2 is 1.90 bits per heavy atom. The van der Waals surface area contributed by atoms with Crippen LogP contribution in [0.15, 0.2) is 29.2 Å². The molecule has 0 aromatic heterocycles. The average Bonchev–Trinajstić information content (AvgIpc) is 2.48. The van der Waals surface area contributed by atoms with E-state index in [0.717, 1.165) is 30.6 Å². The molecule has 116 valence electrons. The molecule has 1 atom stereocenters. The van der Waals surface area contributed by atoms with Crippen LogP contribution < -0.4 is 0 Å². The van der Waals surface area contributed by atoms with Crippen LogP contribution in [0.1, 0.15) is 39.0 Å². The number of carbonyl (C=O) groups is 1. The summed E-state index contributed by atoms with van der Waals surface area (Å²) < 4.78 is 17.5. The highest BCUT2D eigenvalue weighted by molar-refractivity contribution is 7.92. The number of benzene rings is 1. The van der Waals surface area contributed by atoms with E-state index in [4.69, 9.17) is 16.3 Å². The highest BCUT2D eigenvalue weighted by Gasteiger charge is 2.31. The molecule has 1 unspecified atom stereocenters. The van der Waals surface area contributed by atoms with Gasteiger partial charge in [0.15, 0.2) is 4.90 Å². The van der Waals surface area contributed by atoms with Gasteiger partial charge in [-0.1, -0.05) is 11.6 Å². The maximum Gasteiger partial charge on any atom is 0.306 e. The summed E-state index contributed by atoms with van der Waals surface area (Å²) in [6.07, 6.45) is 4.19. The number of hydrogen-bond donors (Lipinski definition) is 0. The van der Waals surface area contributed by atoms with Crippen molar-refractivity contribution in [2.24, 2.45) is 5.92 Å². The van der Waals surface area contributed by atoms with E-state index in [9.17, 15) is 9.35 Å². The fraction of sp³-hybridized carbons (Fsp3) is 0.562. The summed E-state index contributed by atoms with van der Waals surface area (Å²) in [6, 6.07) is 7.23. The van der Waals surface area contributed by atoms with Crippen LogP contribution in [0, 0.1) is 5.92 Å². The molecular formula is C16H21ClO3S. The maximum atomic E-state index is 12.5. The van der Waals surface area contributed by atoms with E-state index in [1.54, 1.807) is 12.1 Å². The van der Waals surface area contributed by atoms with Gasteiger partial charge in [0, 0.05) is 11.4 Å². The highest BCUT2D eigenvalue weighted by atomic mass is 35.5. The molecule has 0 amide bonds. The molecule has 0 radical (unpaired) electrons. The predicted octanol–water partition coefficient (Wildman–Crippen LogP) is 3.96. The van der Waals surface area contributed by atoms with Crippen molar-refractivity contribution < 1.29 is 14.1 Å². The number of ether oxygens (including phenoxy) is 1. The SMILES string of the molecule is CCOC(=O)C[C@H]1CC[C@@H]([S+]([O-])c2ccc(Cl)cc2)CC1. The molecule has 0 spiro atoms.